The first-order valence-corrected chi connectivity index (χ1v) is 8.37. The molecule has 2 aliphatic rings. The van der Waals surface area contributed by atoms with Crippen LogP contribution < -0.4 is 5.32 Å². The van der Waals surface area contributed by atoms with Crippen molar-refractivity contribution in [3.05, 3.63) is 0 Å². The highest BCUT2D eigenvalue weighted by atomic mass is 16.5. The SMILES string of the molecule is CCCC1CN(CCCOCC)C2(CCCC2)CN1. The van der Waals surface area contributed by atoms with Gasteiger partial charge in [0.25, 0.3) is 0 Å². The molecular formula is C16H32N2O. The first-order valence-electron chi connectivity index (χ1n) is 8.37. The van der Waals surface area contributed by atoms with Gasteiger partial charge in [-0.3, -0.25) is 4.90 Å². The standard InChI is InChI=1S/C16H32N2O/c1-3-8-15-13-18(11-7-12-19-4-2)16(14-17-15)9-5-6-10-16/h15,17H,3-14H2,1-2H3. The maximum Gasteiger partial charge on any atom is 0.0478 e. The molecule has 0 aromatic carbocycles. The molecule has 2 rings (SSSR count). The Bertz CT molecular complexity index is 251. The Balaban J connectivity index is 1.87. The zero-order valence-corrected chi connectivity index (χ0v) is 12.9. The summed E-state index contributed by atoms with van der Waals surface area (Å²) in [5.74, 6) is 0. The first-order chi connectivity index (χ1) is 9.30. The summed E-state index contributed by atoms with van der Waals surface area (Å²) in [6, 6.07) is 0.711. The number of hydrogen-bond acceptors (Lipinski definition) is 3. The quantitative estimate of drug-likeness (QED) is 0.719. The molecule has 3 nitrogen and oxygen atoms in total. The Morgan fingerprint density at radius 1 is 1.26 bits per heavy atom. The van der Waals surface area contributed by atoms with Crippen LogP contribution in [0.2, 0.25) is 0 Å². The third-order valence-electron chi connectivity index (χ3n) is 4.92. The van der Waals surface area contributed by atoms with Gasteiger partial charge in [-0.2, -0.15) is 0 Å². The monoisotopic (exact) mass is 268 g/mol. The van der Waals surface area contributed by atoms with Gasteiger partial charge < -0.3 is 10.1 Å². The number of piperazine rings is 1. The van der Waals surface area contributed by atoms with Crippen molar-refractivity contribution in [3.63, 3.8) is 0 Å². The third kappa shape index (κ3) is 3.93. The predicted octanol–water partition coefficient (Wildman–Crippen LogP) is 2.80. The summed E-state index contributed by atoms with van der Waals surface area (Å²) in [6.45, 7) is 9.84. The molecule has 3 heteroatoms. The van der Waals surface area contributed by atoms with Crippen LogP contribution in [0.15, 0.2) is 0 Å². The Hall–Kier alpha value is -0.120. The van der Waals surface area contributed by atoms with Crippen LogP contribution in [-0.4, -0.2) is 49.3 Å². The van der Waals surface area contributed by atoms with E-state index in [4.69, 9.17) is 4.74 Å². The minimum Gasteiger partial charge on any atom is -0.382 e. The van der Waals surface area contributed by atoms with E-state index < -0.39 is 0 Å². The van der Waals surface area contributed by atoms with E-state index in [9.17, 15) is 0 Å². The van der Waals surface area contributed by atoms with Gasteiger partial charge in [0.2, 0.25) is 0 Å². The van der Waals surface area contributed by atoms with Crippen molar-refractivity contribution in [1.29, 1.82) is 0 Å². The van der Waals surface area contributed by atoms with Crippen LogP contribution in [0.3, 0.4) is 0 Å². The summed E-state index contributed by atoms with van der Waals surface area (Å²) in [5, 5.41) is 3.81. The highest BCUT2D eigenvalue weighted by Crippen LogP contribution is 2.37. The van der Waals surface area contributed by atoms with Gasteiger partial charge in [-0.15, -0.1) is 0 Å². The van der Waals surface area contributed by atoms with E-state index in [-0.39, 0.29) is 0 Å². The molecule has 0 radical (unpaired) electrons. The molecular weight excluding hydrogens is 236 g/mol. The second-order valence-electron chi connectivity index (χ2n) is 6.29. The van der Waals surface area contributed by atoms with Crippen LogP contribution in [0, 0.1) is 0 Å². The maximum absolute atomic E-state index is 5.51. The van der Waals surface area contributed by atoms with Crippen LogP contribution in [0.25, 0.3) is 0 Å². The molecule has 1 heterocycles. The summed E-state index contributed by atoms with van der Waals surface area (Å²) < 4.78 is 5.51. The molecule has 2 fully saturated rings. The van der Waals surface area contributed by atoms with Crippen molar-refractivity contribution in [2.24, 2.45) is 0 Å². The van der Waals surface area contributed by atoms with Gasteiger partial charge >= 0.3 is 0 Å². The van der Waals surface area contributed by atoms with Gasteiger partial charge in [-0.05, 0) is 32.6 Å². The van der Waals surface area contributed by atoms with Crippen molar-refractivity contribution < 1.29 is 4.74 Å². The minimum absolute atomic E-state index is 0.483. The second-order valence-corrected chi connectivity index (χ2v) is 6.29. The fourth-order valence-corrected chi connectivity index (χ4v) is 3.87. The first kappa shape index (κ1) is 15.3. The Morgan fingerprint density at radius 3 is 2.74 bits per heavy atom. The molecule has 112 valence electrons. The number of nitrogens with zero attached hydrogens (tertiary/aromatic N) is 1. The molecule has 1 unspecified atom stereocenters. The fraction of sp³-hybridized carbons (Fsp3) is 1.00. The summed E-state index contributed by atoms with van der Waals surface area (Å²) in [4.78, 5) is 2.80. The molecule has 1 saturated heterocycles. The maximum atomic E-state index is 5.51. The molecule has 1 aliphatic heterocycles. The van der Waals surface area contributed by atoms with Gasteiger partial charge in [-0.25, -0.2) is 0 Å². The topological polar surface area (TPSA) is 24.5 Å². The molecule has 1 aliphatic carbocycles. The lowest BCUT2D eigenvalue weighted by atomic mass is 9.90. The van der Waals surface area contributed by atoms with E-state index >= 15 is 0 Å². The van der Waals surface area contributed by atoms with Crippen molar-refractivity contribution in [2.75, 3.05) is 32.8 Å². The molecule has 1 atom stereocenters. The van der Waals surface area contributed by atoms with E-state index in [0.717, 1.165) is 13.2 Å². The van der Waals surface area contributed by atoms with Crippen molar-refractivity contribution in [2.45, 2.75) is 70.4 Å². The number of hydrogen-bond donors (Lipinski definition) is 1. The molecule has 19 heavy (non-hydrogen) atoms. The molecule has 1 saturated carbocycles. The normalized spacial score (nSPS) is 27.2. The van der Waals surface area contributed by atoms with E-state index in [1.54, 1.807) is 0 Å². The lowest BCUT2D eigenvalue weighted by molar-refractivity contribution is 0.0309. The molecule has 0 aromatic rings. The summed E-state index contributed by atoms with van der Waals surface area (Å²) in [6.07, 6.45) is 9.43. The van der Waals surface area contributed by atoms with E-state index in [2.05, 4.69) is 24.1 Å². The minimum atomic E-state index is 0.483. The zero-order valence-electron chi connectivity index (χ0n) is 12.9. The molecule has 0 amide bonds. The highest BCUT2D eigenvalue weighted by Gasteiger charge is 2.42. The van der Waals surface area contributed by atoms with Crippen molar-refractivity contribution in [3.8, 4) is 0 Å². The second kappa shape index (κ2) is 7.61. The van der Waals surface area contributed by atoms with Gasteiger partial charge in [0.1, 0.15) is 0 Å². The molecule has 1 spiro atoms. The Morgan fingerprint density at radius 2 is 2.05 bits per heavy atom. The highest BCUT2D eigenvalue weighted by molar-refractivity contribution is 5.01. The lowest BCUT2D eigenvalue weighted by Gasteiger charge is -2.48. The van der Waals surface area contributed by atoms with E-state index in [1.165, 1.54) is 64.6 Å². The Kier molecular flexibility index (Phi) is 6.11. The van der Waals surface area contributed by atoms with Crippen LogP contribution in [0.4, 0.5) is 0 Å². The number of rotatable bonds is 7. The number of nitrogens with one attached hydrogen (secondary N) is 1. The van der Waals surface area contributed by atoms with Gasteiger partial charge in [0.05, 0.1) is 0 Å². The number of ether oxygens (including phenoxy) is 1. The van der Waals surface area contributed by atoms with Crippen molar-refractivity contribution >= 4 is 0 Å². The largest absolute Gasteiger partial charge is 0.382 e. The molecule has 0 aromatic heterocycles. The summed E-state index contributed by atoms with van der Waals surface area (Å²) in [7, 11) is 0. The van der Waals surface area contributed by atoms with E-state index in [1.807, 2.05) is 0 Å². The molecule has 1 N–H and O–H groups in total. The smallest absolute Gasteiger partial charge is 0.0478 e. The van der Waals surface area contributed by atoms with Crippen LogP contribution in [0.1, 0.15) is 58.8 Å². The van der Waals surface area contributed by atoms with Crippen molar-refractivity contribution in [1.82, 2.24) is 10.2 Å². The lowest BCUT2D eigenvalue weighted by Crippen LogP contribution is -2.63. The van der Waals surface area contributed by atoms with Gasteiger partial charge in [0.15, 0.2) is 0 Å². The average molecular weight is 268 g/mol. The summed E-state index contributed by atoms with van der Waals surface area (Å²) >= 11 is 0. The molecule has 0 bridgehead atoms. The zero-order chi connectivity index (χ0) is 13.6. The summed E-state index contributed by atoms with van der Waals surface area (Å²) in [5.41, 5.74) is 0.483. The average Bonchev–Trinajstić information content (AvgIpc) is 2.88. The van der Waals surface area contributed by atoms with Crippen LogP contribution >= 0.6 is 0 Å². The third-order valence-corrected chi connectivity index (χ3v) is 4.92. The van der Waals surface area contributed by atoms with Gasteiger partial charge in [-0.1, -0.05) is 26.2 Å². The van der Waals surface area contributed by atoms with Crippen LogP contribution in [0.5, 0.6) is 0 Å². The van der Waals surface area contributed by atoms with Gasteiger partial charge in [0, 0.05) is 44.4 Å². The van der Waals surface area contributed by atoms with Crippen LogP contribution in [-0.2, 0) is 4.74 Å². The van der Waals surface area contributed by atoms with E-state index in [0.29, 0.717) is 11.6 Å². The fourth-order valence-electron chi connectivity index (χ4n) is 3.87. The Labute approximate surface area is 119 Å². The predicted molar refractivity (Wildman–Crippen MR) is 80.6 cm³/mol.